The van der Waals surface area contributed by atoms with Crippen LogP contribution in [-0.4, -0.2) is 27.9 Å². The van der Waals surface area contributed by atoms with Gasteiger partial charge in [0.1, 0.15) is 0 Å². The van der Waals surface area contributed by atoms with Crippen LogP contribution in [0.25, 0.3) is 0 Å². The van der Waals surface area contributed by atoms with Gasteiger partial charge in [0.2, 0.25) is 0 Å². The molecule has 2 N–H and O–H groups in total. The van der Waals surface area contributed by atoms with Crippen LogP contribution in [-0.2, 0) is 0 Å². The van der Waals surface area contributed by atoms with Gasteiger partial charge in [0.15, 0.2) is 5.78 Å². The highest BCUT2D eigenvalue weighted by Crippen LogP contribution is 2.14. The molecule has 0 bridgehead atoms. The lowest BCUT2D eigenvalue weighted by Crippen LogP contribution is -2.01. The molecule has 0 aliphatic rings. The maximum absolute atomic E-state index is 12.9. The second-order valence-electron chi connectivity index (χ2n) is 7.69. The number of hydrogen-bond donors (Lipinski definition) is 2. The van der Waals surface area contributed by atoms with E-state index in [1.807, 2.05) is 0 Å². The molecule has 4 aromatic carbocycles. The first kappa shape index (κ1) is 23.8. The number of ketones is 1. The second kappa shape index (κ2) is 10.7. The first-order valence-electron chi connectivity index (χ1n) is 10.9. The Morgan fingerprint density at radius 1 is 0.472 bits per heavy atom. The van der Waals surface area contributed by atoms with Crippen LogP contribution in [0, 0.1) is 23.7 Å². The Morgan fingerprint density at radius 2 is 0.833 bits per heavy atom. The molecule has 0 spiro atoms. The minimum Gasteiger partial charge on any atom is -0.478 e. The predicted octanol–water partition coefficient (Wildman–Crippen LogP) is 5.11. The van der Waals surface area contributed by atoms with Crippen LogP contribution in [0.1, 0.15) is 58.9 Å². The van der Waals surface area contributed by atoms with Crippen molar-refractivity contribution in [3.8, 4) is 23.7 Å². The molecule has 5 heteroatoms. The largest absolute Gasteiger partial charge is 0.478 e. The highest BCUT2D eigenvalue weighted by atomic mass is 16.4. The van der Waals surface area contributed by atoms with Gasteiger partial charge in [-0.15, -0.1) is 0 Å². The zero-order valence-corrected chi connectivity index (χ0v) is 18.9. The zero-order chi connectivity index (χ0) is 25.5. The van der Waals surface area contributed by atoms with Crippen molar-refractivity contribution in [3.05, 3.63) is 142 Å². The molecule has 0 atom stereocenters. The molecule has 4 rings (SSSR count). The summed E-state index contributed by atoms with van der Waals surface area (Å²) in [4.78, 5) is 35.5. The lowest BCUT2D eigenvalue weighted by atomic mass is 10.0. The maximum Gasteiger partial charge on any atom is 0.336 e. The monoisotopic (exact) mass is 470 g/mol. The zero-order valence-electron chi connectivity index (χ0n) is 18.9. The van der Waals surface area contributed by atoms with Crippen molar-refractivity contribution in [2.45, 2.75) is 0 Å². The van der Waals surface area contributed by atoms with E-state index in [1.165, 1.54) is 12.1 Å². The van der Waals surface area contributed by atoms with Gasteiger partial charge in [-0.1, -0.05) is 47.9 Å². The number of aromatic carboxylic acids is 2. The average Bonchev–Trinajstić information content (AvgIpc) is 2.91. The molecule has 0 saturated heterocycles. The summed E-state index contributed by atoms with van der Waals surface area (Å²) in [5, 5.41) is 18.5. The lowest BCUT2D eigenvalue weighted by Gasteiger charge is -2.02. The average molecular weight is 470 g/mol. The van der Waals surface area contributed by atoms with E-state index >= 15 is 0 Å². The van der Waals surface area contributed by atoms with Crippen LogP contribution in [0.5, 0.6) is 0 Å². The highest BCUT2D eigenvalue weighted by Gasteiger charge is 2.10. The molecule has 0 amide bonds. The molecule has 4 aromatic rings. The Labute approximate surface area is 207 Å². The molecule has 0 unspecified atom stereocenters. The van der Waals surface area contributed by atoms with E-state index in [9.17, 15) is 24.6 Å². The molecule has 0 saturated carbocycles. The van der Waals surface area contributed by atoms with Gasteiger partial charge in [-0.05, 0) is 72.8 Å². The quantitative estimate of drug-likeness (QED) is 0.319. The highest BCUT2D eigenvalue weighted by molar-refractivity contribution is 6.09. The summed E-state index contributed by atoms with van der Waals surface area (Å²) >= 11 is 0. The van der Waals surface area contributed by atoms with Gasteiger partial charge >= 0.3 is 11.9 Å². The third-order valence-corrected chi connectivity index (χ3v) is 5.29. The number of carbonyl (C=O) groups excluding carboxylic acids is 1. The van der Waals surface area contributed by atoms with Crippen molar-refractivity contribution in [1.29, 1.82) is 0 Å². The topological polar surface area (TPSA) is 91.7 Å². The molecule has 0 radical (unpaired) electrons. The molecule has 0 aromatic heterocycles. The summed E-state index contributed by atoms with van der Waals surface area (Å²) in [5.41, 5.74) is 3.38. The molecule has 0 fully saturated rings. The van der Waals surface area contributed by atoms with E-state index in [0.29, 0.717) is 33.4 Å². The third-order valence-electron chi connectivity index (χ3n) is 5.29. The predicted molar refractivity (Wildman–Crippen MR) is 135 cm³/mol. The summed E-state index contributed by atoms with van der Waals surface area (Å²) in [6.07, 6.45) is 0. The summed E-state index contributed by atoms with van der Waals surface area (Å²) in [6.45, 7) is 0. The molecule has 36 heavy (non-hydrogen) atoms. The number of carboxylic acid groups (broad SMARTS) is 2. The summed E-state index contributed by atoms with van der Waals surface area (Å²) in [6, 6.07) is 26.6. The Bertz CT molecular complexity index is 1470. The maximum atomic E-state index is 12.9. The second-order valence-corrected chi connectivity index (χ2v) is 7.69. The number of rotatable bonds is 4. The van der Waals surface area contributed by atoms with Gasteiger partial charge in [0.25, 0.3) is 0 Å². The lowest BCUT2D eigenvalue weighted by molar-refractivity contribution is 0.0685. The van der Waals surface area contributed by atoms with Gasteiger partial charge in [-0.3, -0.25) is 4.79 Å². The van der Waals surface area contributed by atoms with E-state index in [0.717, 1.165) is 0 Å². The first-order valence-corrected chi connectivity index (χ1v) is 10.9. The normalized spacial score (nSPS) is 9.78. The van der Waals surface area contributed by atoms with Gasteiger partial charge in [-0.2, -0.15) is 0 Å². The number of hydrogen-bond acceptors (Lipinski definition) is 3. The molecule has 0 aliphatic carbocycles. The van der Waals surface area contributed by atoms with Crippen LogP contribution in [0.2, 0.25) is 0 Å². The minimum atomic E-state index is -1.04. The van der Waals surface area contributed by atoms with Crippen molar-refractivity contribution < 1.29 is 24.6 Å². The SMILES string of the molecule is O=C(c1ccc(C#Cc2ccccc2C(=O)O)cc1)c1ccc(C#Cc2ccccc2C(=O)O)cc1. The standard InChI is InChI=1S/C31H18O5/c32-29(25-17-11-21(12-18-25)9-15-23-5-1-3-7-27(23)30(33)34)26-19-13-22(14-20-26)10-16-24-6-2-4-8-28(24)31(35)36/h1-8,11-14,17-20H,(H,33,34)(H,35,36). The van der Waals surface area contributed by atoms with E-state index in [1.54, 1.807) is 84.9 Å². The number of carbonyl (C=O) groups is 3. The Morgan fingerprint density at radius 3 is 1.19 bits per heavy atom. The minimum absolute atomic E-state index is 0.135. The van der Waals surface area contributed by atoms with Crippen molar-refractivity contribution in [2.24, 2.45) is 0 Å². The fourth-order valence-corrected chi connectivity index (χ4v) is 3.41. The van der Waals surface area contributed by atoms with E-state index in [2.05, 4.69) is 23.7 Å². The molecule has 172 valence electrons. The van der Waals surface area contributed by atoms with Crippen molar-refractivity contribution >= 4 is 17.7 Å². The smallest absolute Gasteiger partial charge is 0.336 e. The molecule has 5 nitrogen and oxygen atoms in total. The van der Waals surface area contributed by atoms with Crippen molar-refractivity contribution in [1.82, 2.24) is 0 Å². The Balaban J connectivity index is 1.48. The number of carboxylic acids is 2. The van der Waals surface area contributed by atoms with Gasteiger partial charge in [-0.25, -0.2) is 9.59 Å². The molecular weight excluding hydrogens is 452 g/mol. The van der Waals surface area contributed by atoms with Crippen molar-refractivity contribution in [2.75, 3.05) is 0 Å². The summed E-state index contributed by atoms with van der Waals surface area (Å²) < 4.78 is 0. The van der Waals surface area contributed by atoms with Gasteiger partial charge < -0.3 is 10.2 Å². The van der Waals surface area contributed by atoms with Crippen LogP contribution >= 0.6 is 0 Å². The summed E-state index contributed by atoms with van der Waals surface area (Å²) in [5.74, 6) is 9.36. The summed E-state index contributed by atoms with van der Waals surface area (Å²) in [7, 11) is 0. The van der Waals surface area contributed by atoms with E-state index in [4.69, 9.17) is 0 Å². The van der Waals surface area contributed by atoms with Crippen molar-refractivity contribution in [3.63, 3.8) is 0 Å². The first-order chi connectivity index (χ1) is 17.4. The van der Waals surface area contributed by atoms with Crippen LogP contribution in [0.3, 0.4) is 0 Å². The van der Waals surface area contributed by atoms with Gasteiger partial charge in [0.05, 0.1) is 11.1 Å². The van der Waals surface area contributed by atoms with Crippen LogP contribution < -0.4 is 0 Å². The fourth-order valence-electron chi connectivity index (χ4n) is 3.41. The Hall–Kier alpha value is -5.39. The molecule has 0 aliphatic heterocycles. The van der Waals surface area contributed by atoms with Crippen LogP contribution in [0.4, 0.5) is 0 Å². The van der Waals surface area contributed by atoms with E-state index < -0.39 is 11.9 Å². The van der Waals surface area contributed by atoms with Crippen LogP contribution in [0.15, 0.2) is 97.1 Å². The Kier molecular flexibility index (Phi) is 7.06. The molecule has 0 heterocycles. The third kappa shape index (κ3) is 5.56. The van der Waals surface area contributed by atoms with Gasteiger partial charge in [0, 0.05) is 33.4 Å². The van der Waals surface area contributed by atoms with E-state index in [-0.39, 0.29) is 16.9 Å². The number of benzene rings is 4. The fraction of sp³-hybridized carbons (Fsp3) is 0. The molecular formula is C31H18O5.